The van der Waals surface area contributed by atoms with Gasteiger partial charge in [0.25, 0.3) is 0 Å². The van der Waals surface area contributed by atoms with Gasteiger partial charge < -0.3 is 5.11 Å². The molecule has 0 fully saturated rings. The third-order valence-electron chi connectivity index (χ3n) is 4.73. The highest BCUT2D eigenvalue weighted by Crippen LogP contribution is 2.13. The summed E-state index contributed by atoms with van der Waals surface area (Å²) in [5, 5.41) is 8.96. The first-order valence-corrected chi connectivity index (χ1v) is 10.1. The summed E-state index contributed by atoms with van der Waals surface area (Å²) in [6, 6.07) is 8.24. The molecule has 0 heterocycles. The molecule has 1 aromatic rings. The van der Waals surface area contributed by atoms with Crippen molar-refractivity contribution in [2.75, 3.05) is 0 Å². The topological polar surface area (TPSA) is 37.3 Å². The van der Waals surface area contributed by atoms with Crippen LogP contribution in [0.3, 0.4) is 0 Å². The number of allylic oxidation sites excluding steroid dienone is 1. The number of carbonyl (C=O) groups is 1. The van der Waals surface area contributed by atoms with Crippen LogP contribution in [0.25, 0.3) is 6.08 Å². The van der Waals surface area contributed by atoms with Crippen LogP contribution in [0.5, 0.6) is 0 Å². The van der Waals surface area contributed by atoms with Crippen molar-refractivity contribution in [1.82, 2.24) is 0 Å². The number of aliphatic carboxylic acids is 1. The van der Waals surface area contributed by atoms with E-state index >= 15 is 0 Å². The van der Waals surface area contributed by atoms with Crippen LogP contribution < -0.4 is 0 Å². The molecule has 0 aliphatic rings. The molecule has 1 N–H and O–H groups in total. The molecule has 25 heavy (non-hydrogen) atoms. The zero-order valence-electron chi connectivity index (χ0n) is 16.2. The van der Waals surface area contributed by atoms with Crippen LogP contribution in [0.2, 0.25) is 0 Å². The van der Waals surface area contributed by atoms with Gasteiger partial charge in [-0.15, -0.1) is 0 Å². The fourth-order valence-electron chi connectivity index (χ4n) is 3.00. The van der Waals surface area contributed by atoms with Crippen molar-refractivity contribution in [2.45, 2.75) is 84.5 Å². The second kappa shape index (κ2) is 13.7. The van der Waals surface area contributed by atoms with Gasteiger partial charge in [-0.25, -0.2) is 0 Å². The molecule has 140 valence electrons. The van der Waals surface area contributed by atoms with Gasteiger partial charge in [-0.2, -0.15) is 0 Å². The van der Waals surface area contributed by atoms with Crippen LogP contribution in [0.15, 0.2) is 30.3 Å². The van der Waals surface area contributed by atoms with Crippen molar-refractivity contribution in [2.24, 2.45) is 5.92 Å². The monoisotopic (exact) mass is 344 g/mol. The fourth-order valence-corrected chi connectivity index (χ4v) is 3.00. The van der Waals surface area contributed by atoms with Crippen LogP contribution >= 0.6 is 0 Å². The molecular weight excluding hydrogens is 308 g/mol. The number of rotatable bonds is 14. The fraction of sp³-hybridized carbons (Fsp3) is 0.609. The Morgan fingerprint density at radius 2 is 1.52 bits per heavy atom. The Morgan fingerprint density at radius 3 is 2.08 bits per heavy atom. The number of hydrogen-bond donors (Lipinski definition) is 1. The SMILES string of the molecule is CCCCCCCCCCCC=Cc1ccc(CC(C)C(=O)O)cc1. The third kappa shape index (κ3) is 10.8. The van der Waals surface area contributed by atoms with E-state index in [1.54, 1.807) is 6.92 Å². The van der Waals surface area contributed by atoms with Crippen LogP contribution in [0.4, 0.5) is 0 Å². The number of carboxylic acids is 1. The van der Waals surface area contributed by atoms with E-state index in [0.29, 0.717) is 6.42 Å². The Labute approximate surface area is 154 Å². The molecule has 1 atom stereocenters. The van der Waals surface area contributed by atoms with Crippen LogP contribution in [-0.2, 0) is 11.2 Å². The average molecular weight is 345 g/mol. The summed E-state index contributed by atoms with van der Waals surface area (Å²) < 4.78 is 0. The third-order valence-corrected chi connectivity index (χ3v) is 4.73. The Morgan fingerprint density at radius 1 is 0.960 bits per heavy atom. The Hall–Kier alpha value is -1.57. The summed E-state index contributed by atoms with van der Waals surface area (Å²) >= 11 is 0. The molecular formula is C23H36O2. The number of carboxylic acid groups (broad SMARTS) is 1. The molecule has 0 spiro atoms. The van der Waals surface area contributed by atoms with Crippen molar-refractivity contribution >= 4 is 12.0 Å². The van der Waals surface area contributed by atoms with E-state index in [0.717, 1.165) is 12.0 Å². The molecule has 1 unspecified atom stereocenters. The molecule has 0 saturated carbocycles. The minimum Gasteiger partial charge on any atom is -0.481 e. The zero-order chi connectivity index (χ0) is 18.3. The average Bonchev–Trinajstić information content (AvgIpc) is 2.61. The lowest BCUT2D eigenvalue weighted by atomic mass is 10.00. The van der Waals surface area contributed by atoms with Crippen molar-refractivity contribution in [3.05, 3.63) is 41.5 Å². The summed E-state index contributed by atoms with van der Waals surface area (Å²) in [4.78, 5) is 10.9. The minimum absolute atomic E-state index is 0.326. The van der Waals surface area contributed by atoms with Gasteiger partial charge >= 0.3 is 5.97 Å². The predicted octanol–water partition coefficient (Wildman–Crippen LogP) is 6.88. The smallest absolute Gasteiger partial charge is 0.306 e. The lowest BCUT2D eigenvalue weighted by Gasteiger charge is -2.06. The molecule has 2 nitrogen and oxygen atoms in total. The number of hydrogen-bond acceptors (Lipinski definition) is 1. The molecule has 0 bridgehead atoms. The maximum Gasteiger partial charge on any atom is 0.306 e. The Kier molecular flexibility index (Phi) is 11.8. The highest BCUT2D eigenvalue weighted by molar-refractivity contribution is 5.69. The lowest BCUT2D eigenvalue weighted by molar-refractivity contribution is -0.141. The summed E-state index contributed by atoms with van der Waals surface area (Å²) in [6.07, 6.45) is 18.5. The summed E-state index contributed by atoms with van der Waals surface area (Å²) in [6.45, 7) is 4.02. The predicted molar refractivity (Wildman–Crippen MR) is 108 cm³/mol. The first-order valence-electron chi connectivity index (χ1n) is 10.1. The maximum absolute atomic E-state index is 10.9. The molecule has 0 saturated heterocycles. The normalized spacial score (nSPS) is 12.6. The van der Waals surface area contributed by atoms with E-state index in [1.165, 1.54) is 63.4 Å². The van der Waals surface area contributed by atoms with Crippen molar-refractivity contribution in [3.8, 4) is 0 Å². The van der Waals surface area contributed by atoms with E-state index in [9.17, 15) is 4.79 Å². The molecule has 0 amide bonds. The van der Waals surface area contributed by atoms with Gasteiger partial charge in [0.05, 0.1) is 5.92 Å². The van der Waals surface area contributed by atoms with Crippen molar-refractivity contribution < 1.29 is 9.90 Å². The van der Waals surface area contributed by atoms with E-state index < -0.39 is 5.97 Å². The Balaban J connectivity index is 2.11. The van der Waals surface area contributed by atoms with Gasteiger partial charge in [0, 0.05) is 0 Å². The standard InChI is InChI=1S/C23H36O2/c1-3-4-5-6-7-8-9-10-11-12-13-14-21-15-17-22(18-16-21)19-20(2)23(24)25/h13-18,20H,3-12,19H2,1-2H3,(H,24,25). The highest BCUT2D eigenvalue weighted by Gasteiger charge is 2.10. The molecule has 0 aromatic heterocycles. The first-order chi connectivity index (χ1) is 12.1. The van der Waals surface area contributed by atoms with E-state index in [1.807, 2.05) is 12.1 Å². The van der Waals surface area contributed by atoms with Crippen molar-refractivity contribution in [1.29, 1.82) is 0 Å². The van der Waals surface area contributed by atoms with Gasteiger partial charge in [0.2, 0.25) is 0 Å². The quantitative estimate of drug-likeness (QED) is 0.373. The minimum atomic E-state index is -0.732. The molecule has 2 heteroatoms. The molecule has 0 radical (unpaired) electrons. The number of benzene rings is 1. The number of unbranched alkanes of at least 4 members (excludes halogenated alkanes) is 9. The second-order valence-electron chi connectivity index (χ2n) is 7.20. The second-order valence-corrected chi connectivity index (χ2v) is 7.20. The van der Waals surface area contributed by atoms with Crippen LogP contribution in [0, 0.1) is 5.92 Å². The van der Waals surface area contributed by atoms with E-state index in [4.69, 9.17) is 5.11 Å². The summed E-state index contributed by atoms with van der Waals surface area (Å²) in [5.74, 6) is -1.06. The van der Waals surface area contributed by atoms with Crippen LogP contribution in [-0.4, -0.2) is 11.1 Å². The zero-order valence-corrected chi connectivity index (χ0v) is 16.2. The van der Waals surface area contributed by atoms with E-state index in [-0.39, 0.29) is 5.92 Å². The Bertz CT molecular complexity index is 487. The molecule has 1 aromatic carbocycles. The molecule has 1 rings (SSSR count). The van der Waals surface area contributed by atoms with Crippen molar-refractivity contribution in [3.63, 3.8) is 0 Å². The van der Waals surface area contributed by atoms with E-state index in [2.05, 4.69) is 31.2 Å². The van der Waals surface area contributed by atoms with Gasteiger partial charge in [-0.1, -0.05) is 102 Å². The maximum atomic E-state index is 10.9. The summed E-state index contributed by atoms with van der Waals surface area (Å²) in [5.41, 5.74) is 2.29. The van der Waals surface area contributed by atoms with Gasteiger partial charge in [-0.05, 0) is 30.4 Å². The van der Waals surface area contributed by atoms with Gasteiger partial charge in [0.15, 0.2) is 0 Å². The summed E-state index contributed by atoms with van der Waals surface area (Å²) in [7, 11) is 0. The first kappa shape index (κ1) is 21.5. The molecule has 0 aliphatic carbocycles. The van der Waals surface area contributed by atoms with Gasteiger partial charge in [0.1, 0.15) is 0 Å². The van der Waals surface area contributed by atoms with Gasteiger partial charge in [-0.3, -0.25) is 4.79 Å². The highest BCUT2D eigenvalue weighted by atomic mass is 16.4. The molecule has 0 aliphatic heterocycles. The largest absolute Gasteiger partial charge is 0.481 e. The lowest BCUT2D eigenvalue weighted by Crippen LogP contribution is -2.12. The van der Waals surface area contributed by atoms with Crippen LogP contribution in [0.1, 0.15) is 89.2 Å².